The molecule has 0 atom stereocenters. The molecule has 0 aliphatic rings. The topological polar surface area (TPSA) is 47.1 Å². The van der Waals surface area contributed by atoms with Crippen LogP contribution in [0.25, 0.3) is 33.2 Å². The number of rotatable bonds is 4. The molecule has 124 valence electrons. The first-order valence-corrected chi connectivity index (χ1v) is 8.05. The summed E-state index contributed by atoms with van der Waals surface area (Å²) in [4.78, 5) is 0. The van der Waals surface area contributed by atoms with Crippen LogP contribution >= 0.6 is 0 Å². The summed E-state index contributed by atoms with van der Waals surface area (Å²) in [5, 5.41) is 9.64. The fourth-order valence-corrected chi connectivity index (χ4v) is 3.17. The molecule has 0 aliphatic carbocycles. The van der Waals surface area contributed by atoms with E-state index in [1.165, 1.54) is 0 Å². The smallest absolute Gasteiger partial charge is 0.126 e. The summed E-state index contributed by atoms with van der Waals surface area (Å²) < 4.78 is 10.9. The summed E-state index contributed by atoms with van der Waals surface area (Å²) in [7, 11) is 3.37. The average molecular weight is 330 g/mol. The molecule has 1 heterocycles. The minimum Gasteiger partial charge on any atom is -0.497 e. The SMILES string of the molecule is COc1cccc(-c2cn[nH]c2-c2ccc(OC)c3ccccc23)c1. The molecular formula is C21H18N2O2. The minimum atomic E-state index is 0.823. The third-order valence-corrected chi connectivity index (χ3v) is 4.39. The van der Waals surface area contributed by atoms with Crippen LogP contribution in [0.4, 0.5) is 0 Å². The number of hydrogen-bond acceptors (Lipinski definition) is 3. The highest BCUT2D eigenvalue weighted by Crippen LogP contribution is 2.38. The number of aromatic amines is 1. The van der Waals surface area contributed by atoms with Crippen LogP contribution in [-0.4, -0.2) is 24.4 Å². The maximum Gasteiger partial charge on any atom is 0.126 e. The van der Waals surface area contributed by atoms with Gasteiger partial charge in [-0.25, -0.2) is 0 Å². The Morgan fingerprint density at radius 3 is 2.44 bits per heavy atom. The maximum atomic E-state index is 5.50. The zero-order valence-electron chi connectivity index (χ0n) is 14.1. The Labute approximate surface area is 146 Å². The lowest BCUT2D eigenvalue weighted by Crippen LogP contribution is -1.89. The molecule has 4 nitrogen and oxygen atoms in total. The van der Waals surface area contributed by atoms with Crippen molar-refractivity contribution < 1.29 is 9.47 Å². The summed E-state index contributed by atoms with van der Waals surface area (Å²) in [5.74, 6) is 1.69. The van der Waals surface area contributed by atoms with Crippen LogP contribution in [0, 0.1) is 0 Å². The van der Waals surface area contributed by atoms with E-state index in [0.29, 0.717) is 0 Å². The Hall–Kier alpha value is -3.27. The maximum absolute atomic E-state index is 5.50. The molecule has 1 N–H and O–H groups in total. The number of H-pyrrole nitrogens is 1. The van der Waals surface area contributed by atoms with Crippen molar-refractivity contribution in [3.05, 3.63) is 66.9 Å². The molecule has 1 aromatic heterocycles. The fraction of sp³-hybridized carbons (Fsp3) is 0.0952. The van der Waals surface area contributed by atoms with E-state index in [1.807, 2.05) is 42.6 Å². The standard InChI is InChI=1S/C21H18N2O2/c1-24-15-7-5-6-14(12-15)19-13-22-23-21(19)18-10-11-20(25-2)17-9-4-3-8-16(17)18/h3-13H,1-2H3,(H,22,23). The normalized spacial score (nSPS) is 10.8. The fourth-order valence-electron chi connectivity index (χ4n) is 3.17. The van der Waals surface area contributed by atoms with Crippen molar-refractivity contribution in [1.29, 1.82) is 0 Å². The number of hydrogen-bond donors (Lipinski definition) is 1. The number of nitrogens with one attached hydrogen (secondary N) is 1. The van der Waals surface area contributed by atoms with Gasteiger partial charge in [-0.3, -0.25) is 5.10 Å². The van der Waals surface area contributed by atoms with Crippen molar-refractivity contribution in [1.82, 2.24) is 10.2 Å². The van der Waals surface area contributed by atoms with Crippen LogP contribution in [0.1, 0.15) is 0 Å². The second kappa shape index (κ2) is 6.32. The second-order valence-corrected chi connectivity index (χ2v) is 5.75. The third kappa shape index (κ3) is 2.62. The first kappa shape index (κ1) is 15.3. The van der Waals surface area contributed by atoms with Gasteiger partial charge in [0.1, 0.15) is 11.5 Å². The lowest BCUT2D eigenvalue weighted by atomic mass is 9.96. The number of fused-ring (bicyclic) bond motifs is 1. The molecule has 0 spiro atoms. The molecule has 0 fully saturated rings. The van der Waals surface area contributed by atoms with Gasteiger partial charge in [-0.05, 0) is 35.2 Å². The number of aromatic nitrogens is 2. The van der Waals surface area contributed by atoms with E-state index < -0.39 is 0 Å². The molecule has 3 aromatic carbocycles. The van der Waals surface area contributed by atoms with Gasteiger partial charge in [0, 0.05) is 16.5 Å². The highest BCUT2D eigenvalue weighted by Gasteiger charge is 2.14. The third-order valence-electron chi connectivity index (χ3n) is 4.39. The predicted molar refractivity (Wildman–Crippen MR) is 100 cm³/mol. The first-order valence-electron chi connectivity index (χ1n) is 8.05. The van der Waals surface area contributed by atoms with E-state index in [2.05, 4.69) is 34.5 Å². The summed E-state index contributed by atoms with van der Waals surface area (Å²) in [6.07, 6.45) is 1.85. The van der Waals surface area contributed by atoms with Crippen molar-refractivity contribution in [2.24, 2.45) is 0 Å². The first-order chi connectivity index (χ1) is 12.3. The molecule has 0 amide bonds. The number of ether oxygens (including phenoxy) is 2. The molecule has 0 saturated heterocycles. The van der Waals surface area contributed by atoms with Gasteiger partial charge in [-0.15, -0.1) is 0 Å². The van der Waals surface area contributed by atoms with Crippen molar-refractivity contribution in [2.45, 2.75) is 0 Å². The summed E-state index contributed by atoms with van der Waals surface area (Å²) in [6, 6.07) is 20.3. The molecular weight excluding hydrogens is 312 g/mol. The Bertz CT molecular complexity index is 1040. The highest BCUT2D eigenvalue weighted by atomic mass is 16.5. The van der Waals surface area contributed by atoms with Crippen molar-refractivity contribution in [2.75, 3.05) is 14.2 Å². The van der Waals surface area contributed by atoms with Crippen molar-refractivity contribution >= 4 is 10.8 Å². The molecule has 25 heavy (non-hydrogen) atoms. The molecule has 0 unspecified atom stereocenters. The van der Waals surface area contributed by atoms with Crippen molar-refractivity contribution in [3.8, 4) is 33.9 Å². The monoisotopic (exact) mass is 330 g/mol. The van der Waals surface area contributed by atoms with E-state index in [1.54, 1.807) is 14.2 Å². The molecule has 0 saturated carbocycles. The van der Waals surface area contributed by atoms with E-state index in [-0.39, 0.29) is 0 Å². The van der Waals surface area contributed by atoms with E-state index in [9.17, 15) is 0 Å². The molecule has 4 heteroatoms. The van der Waals surface area contributed by atoms with Gasteiger partial charge in [0.15, 0.2) is 0 Å². The molecule has 0 bridgehead atoms. The van der Waals surface area contributed by atoms with E-state index in [0.717, 1.165) is 44.7 Å². The average Bonchev–Trinajstić information content (AvgIpc) is 3.16. The van der Waals surface area contributed by atoms with Gasteiger partial charge in [0.25, 0.3) is 0 Å². The molecule has 4 aromatic rings. The Morgan fingerprint density at radius 1 is 0.800 bits per heavy atom. The lowest BCUT2D eigenvalue weighted by molar-refractivity contribution is 0.415. The van der Waals surface area contributed by atoms with Crippen LogP contribution < -0.4 is 9.47 Å². The largest absolute Gasteiger partial charge is 0.497 e. The minimum absolute atomic E-state index is 0.823. The summed E-state index contributed by atoms with van der Waals surface area (Å²) in [5.41, 5.74) is 4.16. The number of nitrogens with zero attached hydrogens (tertiary/aromatic N) is 1. The molecule has 0 aliphatic heterocycles. The van der Waals surface area contributed by atoms with Crippen LogP contribution in [0.2, 0.25) is 0 Å². The quantitative estimate of drug-likeness (QED) is 0.578. The Morgan fingerprint density at radius 2 is 1.64 bits per heavy atom. The van der Waals surface area contributed by atoms with Gasteiger partial charge in [-0.2, -0.15) is 5.10 Å². The van der Waals surface area contributed by atoms with Gasteiger partial charge in [-0.1, -0.05) is 36.4 Å². The van der Waals surface area contributed by atoms with Gasteiger partial charge < -0.3 is 9.47 Å². The number of benzene rings is 3. The summed E-state index contributed by atoms with van der Waals surface area (Å²) >= 11 is 0. The Balaban J connectivity index is 1.93. The predicted octanol–water partition coefficient (Wildman–Crippen LogP) is 4.91. The Kier molecular flexibility index (Phi) is 3.86. The van der Waals surface area contributed by atoms with Crippen LogP contribution in [-0.2, 0) is 0 Å². The van der Waals surface area contributed by atoms with Crippen LogP contribution in [0.15, 0.2) is 66.9 Å². The zero-order chi connectivity index (χ0) is 17.2. The molecule has 0 radical (unpaired) electrons. The van der Waals surface area contributed by atoms with Crippen LogP contribution in [0.5, 0.6) is 11.5 Å². The van der Waals surface area contributed by atoms with Crippen LogP contribution in [0.3, 0.4) is 0 Å². The van der Waals surface area contributed by atoms with Crippen molar-refractivity contribution in [3.63, 3.8) is 0 Å². The zero-order valence-corrected chi connectivity index (χ0v) is 14.1. The van der Waals surface area contributed by atoms with Gasteiger partial charge in [0.05, 0.1) is 26.1 Å². The van der Waals surface area contributed by atoms with Gasteiger partial charge in [0.2, 0.25) is 0 Å². The lowest BCUT2D eigenvalue weighted by Gasteiger charge is -2.11. The second-order valence-electron chi connectivity index (χ2n) is 5.75. The number of methoxy groups -OCH3 is 2. The van der Waals surface area contributed by atoms with Gasteiger partial charge >= 0.3 is 0 Å². The summed E-state index contributed by atoms with van der Waals surface area (Å²) in [6.45, 7) is 0. The van der Waals surface area contributed by atoms with E-state index in [4.69, 9.17) is 9.47 Å². The highest BCUT2D eigenvalue weighted by molar-refractivity contribution is 6.02. The molecule has 4 rings (SSSR count). The van der Waals surface area contributed by atoms with E-state index >= 15 is 0 Å².